The highest BCUT2D eigenvalue weighted by atomic mass is 16.2. The highest BCUT2D eigenvalue weighted by molar-refractivity contribution is 5.83. The highest BCUT2D eigenvalue weighted by Gasteiger charge is 2.31. The number of nitrogens with zero attached hydrogens (tertiary/aromatic N) is 2. The zero-order valence-electron chi connectivity index (χ0n) is 12.5. The third kappa shape index (κ3) is 3.19. The van der Waals surface area contributed by atoms with Crippen LogP contribution in [0.25, 0.3) is 0 Å². The van der Waals surface area contributed by atoms with Gasteiger partial charge in [0.25, 0.3) is 0 Å². The summed E-state index contributed by atoms with van der Waals surface area (Å²) in [6, 6.07) is 9.56. The zero-order valence-corrected chi connectivity index (χ0v) is 12.5. The zero-order chi connectivity index (χ0) is 14.5. The third-order valence-corrected chi connectivity index (χ3v) is 4.23. The van der Waals surface area contributed by atoms with E-state index in [1.165, 1.54) is 0 Å². The Labute approximate surface area is 121 Å². The minimum Gasteiger partial charge on any atom is -0.339 e. The molecule has 20 heavy (non-hydrogen) atoms. The van der Waals surface area contributed by atoms with Crippen LogP contribution in [-0.4, -0.2) is 47.9 Å². The maximum atomic E-state index is 12.5. The maximum Gasteiger partial charge on any atom is 0.244 e. The van der Waals surface area contributed by atoms with Crippen LogP contribution >= 0.6 is 0 Å². The van der Waals surface area contributed by atoms with Crippen LogP contribution in [0.2, 0.25) is 0 Å². The Hall–Kier alpha value is -1.39. The van der Waals surface area contributed by atoms with Crippen LogP contribution in [0.1, 0.15) is 31.9 Å². The largest absolute Gasteiger partial charge is 0.339 e. The predicted octanol–water partition coefficient (Wildman–Crippen LogP) is 1.63. The molecule has 1 unspecified atom stereocenters. The van der Waals surface area contributed by atoms with Crippen LogP contribution in [0.15, 0.2) is 30.3 Å². The summed E-state index contributed by atoms with van der Waals surface area (Å²) in [5, 5.41) is 0. The first-order chi connectivity index (χ1) is 9.67. The molecule has 0 saturated carbocycles. The summed E-state index contributed by atoms with van der Waals surface area (Å²) in [5.74, 6) is 0.0471. The lowest BCUT2D eigenvalue weighted by atomic mass is 10.1. The van der Waals surface area contributed by atoms with Gasteiger partial charge in [-0.1, -0.05) is 44.2 Å². The molecule has 1 heterocycles. The van der Waals surface area contributed by atoms with E-state index in [1.54, 1.807) is 0 Å². The molecule has 4 heteroatoms. The molecule has 0 aliphatic carbocycles. The van der Waals surface area contributed by atoms with Gasteiger partial charge in [0.2, 0.25) is 5.91 Å². The molecule has 1 aromatic rings. The van der Waals surface area contributed by atoms with E-state index < -0.39 is 6.04 Å². The number of amides is 1. The Bertz CT molecular complexity index is 431. The summed E-state index contributed by atoms with van der Waals surface area (Å²) in [6.07, 6.45) is 1.05. The topological polar surface area (TPSA) is 49.6 Å². The lowest BCUT2D eigenvalue weighted by Crippen LogP contribution is -2.41. The molecule has 2 atom stereocenters. The predicted molar refractivity (Wildman–Crippen MR) is 81.3 cm³/mol. The van der Waals surface area contributed by atoms with Crippen molar-refractivity contribution in [3.63, 3.8) is 0 Å². The molecule has 1 aliphatic heterocycles. The van der Waals surface area contributed by atoms with Gasteiger partial charge >= 0.3 is 0 Å². The van der Waals surface area contributed by atoms with Gasteiger partial charge in [-0.15, -0.1) is 0 Å². The molecule has 1 fully saturated rings. The average molecular weight is 275 g/mol. The molecule has 1 aliphatic rings. The van der Waals surface area contributed by atoms with Gasteiger partial charge in [0.05, 0.1) is 0 Å². The van der Waals surface area contributed by atoms with Crippen molar-refractivity contribution in [2.75, 3.05) is 26.2 Å². The third-order valence-electron chi connectivity index (χ3n) is 4.23. The van der Waals surface area contributed by atoms with Crippen molar-refractivity contribution in [1.29, 1.82) is 0 Å². The summed E-state index contributed by atoms with van der Waals surface area (Å²) in [4.78, 5) is 16.8. The van der Waals surface area contributed by atoms with E-state index in [0.717, 1.165) is 38.2 Å². The number of hydrogen-bond acceptors (Lipinski definition) is 3. The molecule has 4 nitrogen and oxygen atoms in total. The second-order valence-electron chi connectivity index (χ2n) is 5.34. The standard InChI is InChI=1S/C16H25N3O/c1-3-18(4-2)14-10-11-19(12-14)16(20)15(17)13-8-6-5-7-9-13/h5-9,14-15H,3-4,10-12,17H2,1-2H3/t14?,15-/m0/s1. The van der Waals surface area contributed by atoms with Gasteiger partial charge in [0, 0.05) is 19.1 Å². The molecular formula is C16H25N3O. The van der Waals surface area contributed by atoms with E-state index in [4.69, 9.17) is 5.73 Å². The number of likely N-dealkylation sites (tertiary alicyclic amines) is 1. The Balaban J connectivity index is 1.98. The van der Waals surface area contributed by atoms with E-state index in [2.05, 4.69) is 18.7 Å². The first-order valence-corrected chi connectivity index (χ1v) is 7.50. The van der Waals surface area contributed by atoms with Crippen LogP contribution in [0.3, 0.4) is 0 Å². The fourth-order valence-electron chi connectivity index (χ4n) is 2.98. The van der Waals surface area contributed by atoms with Crippen molar-refractivity contribution in [2.45, 2.75) is 32.4 Å². The lowest BCUT2D eigenvalue weighted by Gasteiger charge is -2.27. The van der Waals surface area contributed by atoms with Crippen LogP contribution < -0.4 is 5.73 Å². The van der Waals surface area contributed by atoms with E-state index in [1.807, 2.05) is 35.2 Å². The molecule has 0 bridgehead atoms. The molecule has 0 spiro atoms. The normalized spacial score (nSPS) is 20.4. The van der Waals surface area contributed by atoms with Crippen molar-refractivity contribution in [2.24, 2.45) is 5.73 Å². The van der Waals surface area contributed by atoms with E-state index >= 15 is 0 Å². The van der Waals surface area contributed by atoms with Crippen molar-refractivity contribution in [3.05, 3.63) is 35.9 Å². The summed E-state index contributed by atoms with van der Waals surface area (Å²) in [7, 11) is 0. The lowest BCUT2D eigenvalue weighted by molar-refractivity contribution is -0.131. The quantitative estimate of drug-likeness (QED) is 0.888. The number of rotatable bonds is 5. The fourth-order valence-corrected chi connectivity index (χ4v) is 2.98. The summed E-state index contributed by atoms with van der Waals surface area (Å²) in [6.45, 7) is 8.04. The smallest absolute Gasteiger partial charge is 0.244 e. The molecular weight excluding hydrogens is 250 g/mol. The average Bonchev–Trinajstić information content (AvgIpc) is 2.97. The van der Waals surface area contributed by atoms with Gasteiger partial charge in [-0.05, 0) is 25.1 Å². The van der Waals surface area contributed by atoms with Crippen molar-refractivity contribution in [1.82, 2.24) is 9.80 Å². The van der Waals surface area contributed by atoms with Crippen LogP contribution in [0.4, 0.5) is 0 Å². The van der Waals surface area contributed by atoms with Gasteiger partial charge in [-0.25, -0.2) is 0 Å². The van der Waals surface area contributed by atoms with Crippen molar-refractivity contribution >= 4 is 5.91 Å². The number of benzene rings is 1. The second-order valence-corrected chi connectivity index (χ2v) is 5.34. The number of likely N-dealkylation sites (N-methyl/N-ethyl adjacent to an activating group) is 1. The highest BCUT2D eigenvalue weighted by Crippen LogP contribution is 2.20. The maximum absolute atomic E-state index is 12.5. The Morgan fingerprint density at radius 3 is 2.60 bits per heavy atom. The molecule has 0 aromatic heterocycles. The minimum atomic E-state index is -0.536. The van der Waals surface area contributed by atoms with Gasteiger partial charge in [-0.2, -0.15) is 0 Å². The number of carbonyl (C=O) groups is 1. The molecule has 0 radical (unpaired) electrons. The van der Waals surface area contributed by atoms with Gasteiger partial charge < -0.3 is 10.6 Å². The molecule has 2 N–H and O–H groups in total. The van der Waals surface area contributed by atoms with Gasteiger partial charge in [-0.3, -0.25) is 9.69 Å². The van der Waals surface area contributed by atoms with Crippen molar-refractivity contribution in [3.8, 4) is 0 Å². The van der Waals surface area contributed by atoms with Gasteiger partial charge in [0.15, 0.2) is 0 Å². The first kappa shape index (κ1) is 15.0. The van der Waals surface area contributed by atoms with Crippen LogP contribution in [0.5, 0.6) is 0 Å². The molecule has 1 saturated heterocycles. The summed E-state index contributed by atoms with van der Waals surface area (Å²) < 4.78 is 0. The molecule has 110 valence electrons. The van der Waals surface area contributed by atoms with Crippen LogP contribution in [0, 0.1) is 0 Å². The Kier molecular flexibility index (Phi) is 5.15. The minimum absolute atomic E-state index is 0.0471. The number of carbonyl (C=O) groups excluding carboxylic acids is 1. The monoisotopic (exact) mass is 275 g/mol. The molecule has 1 aromatic carbocycles. The Morgan fingerprint density at radius 2 is 2.00 bits per heavy atom. The number of hydrogen-bond donors (Lipinski definition) is 1. The first-order valence-electron chi connectivity index (χ1n) is 7.50. The number of nitrogens with two attached hydrogens (primary N) is 1. The van der Waals surface area contributed by atoms with Gasteiger partial charge in [0.1, 0.15) is 6.04 Å². The summed E-state index contributed by atoms with van der Waals surface area (Å²) >= 11 is 0. The summed E-state index contributed by atoms with van der Waals surface area (Å²) in [5.41, 5.74) is 6.99. The van der Waals surface area contributed by atoms with E-state index in [9.17, 15) is 4.79 Å². The van der Waals surface area contributed by atoms with Crippen LogP contribution in [-0.2, 0) is 4.79 Å². The van der Waals surface area contributed by atoms with E-state index in [0.29, 0.717) is 6.04 Å². The second kappa shape index (κ2) is 6.86. The molecule has 2 rings (SSSR count). The molecule has 1 amide bonds. The fraction of sp³-hybridized carbons (Fsp3) is 0.562. The van der Waals surface area contributed by atoms with Crippen molar-refractivity contribution < 1.29 is 4.79 Å². The van der Waals surface area contributed by atoms with E-state index in [-0.39, 0.29) is 5.91 Å². The SMILES string of the molecule is CCN(CC)C1CCN(C(=O)[C@@H](N)c2ccccc2)C1. The Morgan fingerprint density at radius 1 is 1.35 bits per heavy atom.